The van der Waals surface area contributed by atoms with E-state index in [1.165, 1.54) is 0 Å². The van der Waals surface area contributed by atoms with E-state index in [1.807, 2.05) is 61.5 Å². The van der Waals surface area contributed by atoms with Gasteiger partial charge in [0, 0.05) is 5.41 Å². The molecule has 0 spiro atoms. The molecule has 2 aromatic rings. The van der Waals surface area contributed by atoms with Gasteiger partial charge in [-0.2, -0.15) is 0 Å². The summed E-state index contributed by atoms with van der Waals surface area (Å²) in [6, 6.07) is 17.8. The number of aliphatic hydroxyl groups excluding tert-OH is 1. The molecule has 0 saturated carbocycles. The van der Waals surface area contributed by atoms with E-state index in [1.54, 1.807) is 7.11 Å². The predicted molar refractivity (Wildman–Crippen MR) is 91.9 cm³/mol. The van der Waals surface area contributed by atoms with E-state index in [4.69, 9.17) is 14.2 Å². The maximum atomic E-state index is 10.4. The third-order valence-electron chi connectivity index (χ3n) is 4.68. The van der Waals surface area contributed by atoms with Gasteiger partial charge in [0.1, 0.15) is 5.75 Å². The van der Waals surface area contributed by atoms with Crippen LogP contribution in [0.4, 0.5) is 0 Å². The Balaban J connectivity index is 1.58. The molecule has 1 aliphatic heterocycles. The third kappa shape index (κ3) is 3.61. The first-order chi connectivity index (χ1) is 11.6. The third-order valence-corrected chi connectivity index (χ3v) is 4.68. The number of benzene rings is 2. The summed E-state index contributed by atoms with van der Waals surface area (Å²) in [7, 11) is 1.64. The molecule has 24 heavy (non-hydrogen) atoms. The molecule has 0 radical (unpaired) electrons. The first-order valence-corrected chi connectivity index (χ1v) is 8.21. The zero-order valence-corrected chi connectivity index (χ0v) is 14.1. The van der Waals surface area contributed by atoms with Crippen LogP contribution in [-0.2, 0) is 21.5 Å². The second kappa shape index (κ2) is 7.34. The van der Waals surface area contributed by atoms with Crippen molar-refractivity contribution in [3.8, 4) is 5.75 Å². The Hall–Kier alpha value is -1.88. The average Bonchev–Trinajstić information content (AvgIpc) is 2.91. The molecule has 1 aliphatic rings. The van der Waals surface area contributed by atoms with Crippen LogP contribution in [-0.4, -0.2) is 31.2 Å². The molecule has 128 valence electrons. The maximum Gasteiger partial charge on any atom is 0.164 e. The van der Waals surface area contributed by atoms with Crippen molar-refractivity contribution in [2.75, 3.05) is 13.7 Å². The first kappa shape index (κ1) is 17.0. The van der Waals surface area contributed by atoms with Gasteiger partial charge in [-0.15, -0.1) is 0 Å². The molecule has 1 saturated heterocycles. The largest absolute Gasteiger partial charge is 0.497 e. The standard InChI is InChI=1S/C20H24O4/c1-20(16-8-10-17(22-2)11-9-16)12-18(24-19(20)21)14-23-13-15-6-4-3-5-7-15/h3-11,18-19,21H,12-14H2,1-2H3/t18-,19?,20+/m1/s1. The van der Waals surface area contributed by atoms with Crippen LogP contribution in [0.1, 0.15) is 24.5 Å². The molecule has 4 heteroatoms. The van der Waals surface area contributed by atoms with Crippen molar-refractivity contribution in [2.45, 2.75) is 37.8 Å². The van der Waals surface area contributed by atoms with Crippen LogP contribution in [0.5, 0.6) is 5.75 Å². The van der Waals surface area contributed by atoms with Gasteiger partial charge >= 0.3 is 0 Å². The van der Waals surface area contributed by atoms with Crippen molar-refractivity contribution >= 4 is 0 Å². The molecule has 0 bridgehead atoms. The highest BCUT2D eigenvalue weighted by Crippen LogP contribution is 2.40. The van der Waals surface area contributed by atoms with Gasteiger partial charge in [-0.3, -0.25) is 0 Å². The summed E-state index contributed by atoms with van der Waals surface area (Å²) < 4.78 is 16.7. The van der Waals surface area contributed by atoms with Crippen molar-refractivity contribution in [3.05, 3.63) is 65.7 Å². The predicted octanol–water partition coefficient (Wildman–Crippen LogP) is 3.28. The molecule has 0 amide bonds. The number of aliphatic hydroxyl groups is 1. The number of methoxy groups -OCH3 is 1. The van der Waals surface area contributed by atoms with Gasteiger partial charge in [-0.05, 0) is 29.7 Å². The Kier molecular flexibility index (Phi) is 5.19. The van der Waals surface area contributed by atoms with Crippen LogP contribution in [0.15, 0.2) is 54.6 Å². The monoisotopic (exact) mass is 328 g/mol. The number of hydrogen-bond donors (Lipinski definition) is 1. The molecular weight excluding hydrogens is 304 g/mol. The lowest BCUT2D eigenvalue weighted by atomic mass is 9.79. The normalized spacial score (nSPS) is 26.5. The molecular formula is C20H24O4. The topological polar surface area (TPSA) is 47.9 Å². The fourth-order valence-electron chi connectivity index (χ4n) is 3.17. The fraction of sp³-hybridized carbons (Fsp3) is 0.400. The van der Waals surface area contributed by atoms with Crippen molar-refractivity contribution in [2.24, 2.45) is 0 Å². The summed E-state index contributed by atoms with van der Waals surface area (Å²) in [4.78, 5) is 0. The molecule has 0 aromatic heterocycles. The van der Waals surface area contributed by atoms with E-state index < -0.39 is 11.7 Å². The average molecular weight is 328 g/mol. The van der Waals surface area contributed by atoms with Crippen LogP contribution in [0, 0.1) is 0 Å². The van der Waals surface area contributed by atoms with Gasteiger partial charge in [-0.1, -0.05) is 49.4 Å². The molecule has 1 heterocycles. The van der Waals surface area contributed by atoms with E-state index in [0.29, 0.717) is 13.2 Å². The van der Waals surface area contributed by atoms with Crippen molar-refractivity contribution in [1.82, 2.24) is 0 Å². The maximum absolute atomic E-state index is 10.4. The summed E-state index contributed by atoms with van der Waals surface area (Å²) in [6.45, 7) is 3.05. The summed E-state index contributed by atoms with van der Waals surface area (Å²) in [5, 5.41) is 10.4. The Morgan fingerprint density at radius 2 is 1.83 bits per heavy atom. The lowest BCUT2D eigenvalue weighted by Crippen LogP contribution is -2.31. The quantitative estimate of drug-likeness (QED) is 0.884. The van der Waals surface area contributed by atoms with Crippen LogP contribution in [0.2, 0.25) is 0 Å². The van der Waals surface area contributed by atoms with Crippen LogP contribution < -0.4 is 4.74 Å². The smallest absolute Gasteiger partial charge is 0.164 e. The SMILES string of the molecule is COc1ccc([C@]2(C)C[C@H](COCc3ccccc3)OC2O)cc1. The highest BCUT2D eigenvalue weighted by atomic mass is 16.6. The van der Waals surface area contributed by atoms with E-state index >= 15 is 0 Å². The van der Waals surface area contributed by atoms with E-state index in [9.17, 15) is 5.11 Å². The highest BCUT2D eigenvalue weighted by Gasteiger charge is 2.45. The summed E-state index contributed by atoms with van der Waals surface area (Å²) >= 11 is 0. The summed E-state index contributed by atoms with van der Waals surface area (Å²) in [5.74, 6) is 0.804. The first-order valence-electron chi connectivity index (χ1n) is 8.21. The molecule has 3 rings (SSSR count). The van der Waals surface area contributed by atoms with E-state index in [-0.39, 0.29) is 6.10 Å². The van der Waals surface area contributed by atoms with Gasteiger partial charge in [0.2, 0.25) is 0 Å². The minimum atomic E-state index is -0.837. The Morgan fingerprint density at radius 1 is 1.12 bits per heavy atom. The van der Waals surface area contributed by atoms with Gasteiger partial charge < -0.3 is 19.3 Å². The minimum absolute atomic E-state index is 0.115. The molecule has 4 nitrogen and oxygen atoms in total. The second-order valence-electron chi connectivity index (χ2n) is 6.46. The molecule has 3 atom stereocenters. The molecule has 0 aliphatic carbocycles. The second-order valence-corrected chi connectivity index (χ2v) is 6.46. The zero-order chi connectivity index (χ0) is 17.0. The molecule has 2 aromatic carbocycles. The zero-order valence-electron chi connectivity index (χ0n) is 14.1. The van der Waals surface area contributed by atoms with Gasteiger partial charge in [0.05, 0.1) is 26.4 Å². The molecule has 1 N–H and O–H groups in total. The Bertz CT molecular complexity index is 640. The summed E-state index contributed by atoms with van der Waals surface area (Å²) in [5.41, 5.74) is 1.74. The Labute approximate surface area is 143 Å². The van der Waals surface area contributed by atoms with Crippen LogP contribution in [0.3, 0.4) is 0 Å². The number of rotatable bonds is 6. The number of hydrogen-bond acceptors (Lipinski definition) is 4. The van der Waals surface area contributed by atoms with Crippen molar-refractivity contribution in [3.63, 3.8) is 0 Å². The van der Waals surface area contributed by atoms with Crippen molar-refractivity contribution < 1.29 is 19.3 Å². The highest BCUT2D eigenvalue weighted by molar-refractivity contribution is 5.33. The fourth-order valence-corrected chi connectivity index (χ4v) is 3.17. The van der Waals surface area contributed by atoms with Gasteiger partial charge in [-0.25, -0.2) is 0 Å². The van der Waals surface area contributed by atoms with Crippen molar-refractivity contribution in [1.29, 1.82) is 0 Å². The number of ether oxygens (including phenoxy) is 3. The van der Waals surface area contributed by atoms with Crippen LogP contribution in [0.25, 0.3) is 0 Å². The minimum Gasteiger partial charge on any atom is -0.497 e. The lowest BCUT2D eigenvalue weighted by molar-refractivity contribution is -0.127. The van der Waals surface area contributed by atoms with Crippen LogP contribution >= 0.6 is 0 Å². The Morgan fingerprint density at radius 3 is 2.50 bits per heavy atom. The molecule has 1 fully saturated rings. The van der Waals surface area contributed by atoms with Gasteiger partial charge in [0.15, 0.2) is 6.29 Å². The van der Waals surface area contributed by atoms with E-state index in [2.05, 4.69) is 0 Å². The van der Waals surface area contributed by atoms with Gasteiger partial charge in [0.25, 0.3) is 0 Å². The summed E-state index contributed by atoms with van der Waals surface area (Å²) in [6.07, 6.45) is -0.234. The van der Waals surface area contributed by atoms with E-state index in [0.717, 1.165) is 23.3 Å². The lowest BCUT2D eigenvalue weighted by Gasteiger charge is -2.26. The molecule has 1 unspecified atom stereocenters.